The van der Waals surface area contributed by atoms with Gasteiger partial charge in [-0.15, -0.1) is 0 Å². The van der Waals surface area contributed by atoms with E-state index in [9.17, 15) is 0 Å². The summed E-state index contributed by atoms with van der Waals surface area (Å²) in [4.78, 5) is 0. The monoisotopic (exact) mass is 265 g/mol. The van der Waals surface area contributed by atoms with E-state index in [1.165, 1.54) is 24.8 Å². The van der Waals surface area contributed by atoms with E-state index in [1.807, 2.05) is 12.1 Å². The maximum absolute atomic E-state index is 6.51. The number of nitrogens with two attached hydrogens (primary N) is 1. The van der Waals surface area contributed by atoms with Gasteiger partial charge in [-0.3, -0.25) is 0 Å². The molecule has 18 heavy (non-hydrogen) atoms. The van der Waals surface area contributed by atoms with Crippen molar-refractivity contribution in [3.05, 3.63) is 34.3 Å². The Morgan fingerprint density at radius 3 is 2.39 bits per heavy atom. The van der Waals surface area contributed by atoms with Crippen molar-refractivity contribution in [1.82, 2.24) is 0 Å². The van der Waals surface area contributed by atoms with Crippen LogP contribution in [-0.4, -0.2) is 0 Å². The number of hydrogen-bond acceptors (Lipinski definition) is 1. The Bertz CT molecular complexity index is 406. The van der Waals surface area contributed by atoms with Crippen LogP contribution in [-0.2, 0) is 0 Å². The zero-order chi connectivity index (χ0) is 13.3. The molecule has 2 rings (SSSR count). The van der Waals surface area contributed by atoms with Gasteiger partial charge in [-0.05, 0) is 61.1 Å². The van der Waals surface area contributed by atoms with Crippen molar-refractivity contribution in [2.24, 2.45) is 23.5 Å². The Hall–Kier alpha value is -0.530. The zero-order valence-corrected chi connectivity index (χ0v) is 12.4. The second-order valence-electron chi connectivity index (χ2n) is 6.16. The number of halogens is 1. The standard InChI is InChI=1S/C16H24ClN/c1-10-7-11(2)9-13(8-10)16(18)14-5-4-6-15(17)12(14)3/h4-6,10-11,13,16H,7-9,18H2,1-3H3. The van der Waals surface area contributed by atoms with Gasteiger partial charge < -0.3 is 5.73 Å². The molecular formula is C16H24ClN. The molecule has 2 heteroatoms. The average molecular weight is 266 g/mol. The van der Waals surface area contributed by atoms with Gasteiger partial charge in [0.05, 0.1) is 0 Å². The van der Waals surface area contributed by atoms with Crippen molar-refractivity contribution in [1.29, 1.82) is 0 Å². The van der Waals surface area contributed by atoms with Gasteiger partial charge in [0, 0.05) is 11.1 Å². The predicted octanol–water partition coefficient (Wildman–Crippen LogP) is 4.72. The molecule has 1 aromatic rings. The largest absolute Gasteiger partial charge is 0.324 e. The highest BCUT2D eigenvalue weighted by molar-refractivity contribution is 6.31. The van der Waals surface area contributed by atoms with Gasteiger partial charge in [0.2, 0.25) is 0 Å². The van der Waals surface area contributed by atoms with Crippen molar-refractivity contribution in [3.63, 3.8) is 0 Å². The van der Waals surface area contributed by atoms with E-state index >= 15 is 0 Å². The summed E-state index contributed by atoms with van der Waals surface area (Å²) in [6.45, 7) is 6.77. The summed E-state index contributed by atoms with van der Waals surface area (Å²) in [5.74, 6) is 2.19. The first kappa shape index (κ1) is 13.9. The fraction of sp³-hybridized carbons (Fsp3) is 0.625. The molecular weight excluding hydrogens is 242 g/mol. The van der Waals surface area contributed by atoms with Crippen LogP contribution >= 0.6 is 11.6 Å². The van der Waals surface area contributed by atoms with Crippen LogP contribution in [0.3, 0.4) is 0 Å². The Morgan fingerprint density at radius 1 is 1.17 bits per heavy atom. The van der Waals surface area contributed by atoms with E-state index in [2.05, 4.69) is 26.8 Å². The molecule has 1 saturated carbocycles. The molecule has 0 aliphatic heterocycles. The van der Waals surface area contributed by atoms with Crippen LogP contribution in [0.5, 0.6) is 0 Å². The van der Waals surface area contributed by atoms with E-state index in [4.69, 9.17) is 17.3 Å². The van der Waals surface area contributed by atoms with Gasteiger partial charge in [-0.1, -0.05) is 37.6 Å². The molecule has 0 spiro atoms. The Morgan fingerprint density at radius 2 is 1.78 bits per heavy atom. The lowest BCUT2D eigenvalue weighted by Gasteiger charge is -2.35. The number of hydrogen-bond donors (Lipinski definition) is 1. The summed E-state index contributed by atoms with van der Waals surface area (Å²) >= 11 is 6.20. The van der Waals surface area contributed by atoms with Crippen LogP contribution in [0.1, 0.15) is 50.3 Å². The molecule has 2 N–H and O–H groups in total. The molecule has 100 valence electrons. The molecule has 0 amide bonds. The molecule has 3 atom stereocenters. The molecule has 3 unspecified atom stereocenters. The van der Waals surface area contributed by atoms with Crippen molar-refractivity contribution >= 4 is 11.6 Å². The Labute approximate surface area is 116 Å². The number of rotatable bonds is 2. The lowest BCUT2D eigenvalue weighted by Crippen LogP contribution is -2.29. The maximum atomic E-state index is 6.51. The highest BCUT2D eigenvalue weighted by atomic mass is 35.5. The van der Waals surface area contributed by atoms with Crippen molar-refractivity contribution in [2.45, 2.75) is 46.1 Å². The van der Waals surface area contributed by atoms with E-state index in [0.29, 0.717) is 5.92 Å². The van der Waals surface area contributed by atoms with Crippen LogP contribution in [0.25, 0.3) is 0 Å². The third-order valence-electron chi connectivity index (χ3n) is 4.39. The first-order valence-corrected chi connectivity index (χ1v) is 7.37. The summed E-state index contributed by atoms with van der Waals surface area (Å²) < 4.78 is 0. The van der Waals surface area contributed by atoms with E-state index < -0.39 is 0 Å². The van der Waals surface area contributed by atoms with Gasteiger partial charge in [-0.25, -0.2) is 0 Å². The first-order chi connectivity index (χ1) is 8.49. The van der Waals surface area contributed by atoms with Gasteiger partial charge in [0.25, 0.3) is 0 Å². The molecule has 0 heterocycles. The third kappa shape index (κ3) is 2.89. The maximum Gasteiger partial charge on any atom is 0.0438 e. The van der Waals surface area contributed by atoms with Gasteiger partial charge in [-0.2, -0.15) is 0 Å². The summed E-state index contributed by atoms with van der Waals surface area (Å²) in [6, 6.07) is 6.23. The van der Waals surface area contributed by atoms with Gasteiger partial charge in [0.15, 0.2) is 0 Å². The van der Waals surface area contributed by atoms with Crippen molar-refractivity contribution in [2.75, 3.05) is 0 Å². The number of benzene rings is 1. The zero-order valence-electron chi connectivity index (χ0n) is 11.6. The summed E-state index contributed by atoms with van der Waals surface area (Å²) in [6.07, 6.45) is 3.84. The molecule has 1 fully saturated rings. The second-order valence-corrected chi connectivity index (χ2v) is 6.56. The summed E-state index contributed by atoms with van der Waals surface area (Å²) in [7, 11) is 0. The van der Waals surface area contributed by atoms with Crippen molar-refractivity contribution in [3.8, 4) is 0 Å². The Kier molecular flexibility index (Phi) is 4.34. The molecule has 0 aromatic heterocycles. The Balaban J connectivity index is 2.20. The molecule has 0 saturated heterocycles. The molecule has 1 aromatic carbocycles. The minimum absolute atomic E-state index is 0.133. The minimum atomic E-state index is 0.133. The highest BCUT2D eigenvalue weighted by Crippen LogP contribution is 2.40. The minimum Gasteiger partial charge on any atom is -0.324 e. The summed E-state index contributed by atoms with van der Waals surface area (Å²) in [5.41, 5.74) is 8.89. The van der Waals surface area contributed by atoms with E-state index in [0.717, 1.165) is 22.4 Å². The van der Waals surface area contributed by atoms with Crippen LogP contribution in [0, 0.1) is 24.7 Å². The fourth-order valence-electron chi connectivity index (χ4n) is 3.54. The van der Waals surface area contributed by atoms with Crippen LogP contribution in [0.4, 0.5) is 0 Å². The topological polar surface area (TPSA) is 26.0 Å². The van der Waals surface area contributed by atoms with Crippen LogP contribution in [0.15, 0.2) is 18.2 Å². The van der Waals surface area contributed by atoms with Crippen molar-refractivity contribution < 1.29 is 0 Å². The smallest absolute Gasteiger partial charge is 0.0438 e. The summed E-state index contributed by atoms with van der Waals surface area (Å²) in [5, 5.41) is 0.833. The van der Waals surface area contributed by atoms with E-state index in [1.54, 1.807) is 0 Å². The average Bonchev–Trinajstić information content (AvgIpc) is 2.30. The molecule has 1 nitrogen and oxygen atoms in total. The molecule has 1 aliphatic rings. The predicted molar refractivity (Wildman–Crippen MR) is 78.8 cm³/mol. The third-order valence-corrected chi connectivity index (χ3v) is 4.80. The quantitative estimate of drug-likeness (QED) is 0.823. The first-order valence-electron chi connectivity index (χ1n) is 6.99. The lowest BCUT2D eigenvalue weighted by molar-refractivity contribution is 0.193. The molecule has 0 bridgehead atoms. The lowest BCUT2D eigenvalue weighted by atomic mass is 9.72. The molecule has 0 radical (unpaired) electrons. The SMILES string of the molecule is Cc1c(Cl)cccc1C(N)C1CC(C)CC(C)C1. The fourth-order valence-corrected chi connectivity index (χ4v) is 3.72. The second kappa shape index (κ2) is 5.63. The van der Waals surface area contributed by atoms with Crippen LogP contribution < -0.4 is 5.73 Å². The normalized spacial score (nSPS) is 30.2. The van der Waals surface area contributed by atoms with E-state index in [-0.39, 0.29) is 6.04 Å². The van der Waals surface area contributed by atoms with Gasteiger partial charge >= 0.3 is 0 Å². The molecule has 1 aliphatic carbocycles. The van der Waals surface area contributed by atoms with Crippen LogP contribution in [0.2, 0.25) is 5.02 Å². The highest BCUT2D eigenvalue weighted by Gasteiger charge is 2.29. The van der Waals surface area contributed by atoms with Gasteiger partial charge in [0.1, 0.15) is 0 Å².